The van der Waals surface area contributed by atoms with Crippen LogP contribution in [0.2, 0.25) is 0 Å². The summed E-state index contributed by atoms with van der Waals surface area (Å²) in [6.45, 7) is 7.63. The lowest BCUT2D eigenvalue weighted by molar-refractivity contribution is 0.663. The van der Waals surface area contributed by atoms with Gasteiger partial charge in [-0.15, -0.1) is 11.3 Å². The SMILES string of the molecule is Cc1ncsc1C=C(CNC1CC1)C(C)C. The largest absolute Gasteiger partial charge is 0.310 e. The fourth-order valence-corrected chi connectivity index (χ4v) is 2.36. The summed E-state index contributed by atoms with van der Waals surface area (Å²) >= 11 is 1.73. The van der Waals surface area contributed by atoms with Crippen molar-refractivity contribution in [1.29, 1.82) is 0 Å². The number of aryl methyl sites for hydroxylation is 1. The highest BCUT2D eigenvalue weighted by Gasteiger charge is 2.20. The number of nitrogens with one attached hydrogen (secondary N) is 1. The third kappa shape index (κ3) is 3.16. The molecule has 0 saturated heterocycles. The highest BCUT2D eigenvalue weighted by atomic mass is 32.1. The zero-order valence-electron chi connectivity index (χ0n) is 10.3. The van der Waals surface area contributed by atoms with Crippen molar-refractivity contribution in [2.45, 2.75) is 39.7 Å². The Morgan fingerprint density at radius 2 is 2.38 bits per heavy atom. The smallest absolute Gasteiger partial charge is 0.0801 e. The molecule has 1 N–H and O–H groups in total. The number of hydrogen-bond acceptors (Lipinski definition) is 3. The summed E-state index contributed by atoms with van der Waals surface area (Å²) in [5.41, 5.74) is 4.56. The molecule has 1 aliphatic rings. The third-order valence-electron chi connectivity index (χ3n) is 3.01. The van der Waals surface area contributed by atoms with Crippen molar-refractivity contribution in [2.24, 2.45) is 5.92 Å². The van der Waals surface area contributed by atoms with E-state index in [1.54, 1.807) is 11.3 Å². The Labute approximate surface area is 102 Å². The van der Waals surface area contributed by atoms with Crippen LogP contribution in [0.25, 0.3) is 6.08 Å². The molecule has 0 spiro atoms. The summed E-state index contributed by atoms with van der Waals surface area (Å²) in [5.74, 6) is 0.604. The molecule has 0 unspecified atom stereocenters. The van der Waals surface area contributed by atoms with Crippen LogP contribution in [0.4, 0.5) is 0 Å². The van der Waals surface area contributed by atoms with E-state index in [0.29, 0.717) is 5.92 Å². The van der Waals surface area contributed by atoms with Crippen LogP contribution in [0, 0.1) is 12.8 Å². The predicted octanol–water partition coefficient (Wildman–Crippen LogP) is 3.24. The average molecular weight is 236 g/mol. The predicted molar refractivity (Wildman–Crippen MR) is 70.7 cm³/mol. The highest BCUT2D eigenvalue weighted by molar-refractivity contribution is 7.10. The van der Waals surface area contributed by atoms with E-state index in [2.05, 4.69) is 37.1 Å². The Kier molecular flexibility index (Phi) is 3.77. The number of thiazole rings is 1. The van der Waals surface area contributed by atoms with Gasteiger partial charge in [-0.05, 0) is 31.8 Å². The monoisotopic (exact) mass is 236 g/mol. The molecule has 1 fully saturated rings. The van der Waals surface area contributed by atoms with Gasteiger partial charge in [0.15, 0.2) is 0 Å². The molecule has 1 saturated carbocycles. The fourth-order valence-electron chi connectivity index (χ4n) is 1.59. The van der Waals surface area contributed by atoms with Gasteiger partial charge in [-0.1, -0.05) is 19.4 Å². The molecular formula is C13H20N2S. The van der Waals surface area contributed by atoms with Crippen LogP contribution >= 0.6 is 11.3 Å². The standard InChI is InChI=1S/C13H20N2S/c1-9(2)11(7-14-12-4-5-12)6-13-10(3)15-8-16-13/h6,8-9,12,14H,4-5,7H2,1-3H3. The van der Waals surface area contributed by atoms with Crippen LogP contribution in [-0.4, -0.2) is 17.6 Å². The molecule has 88 valence electrons. The molecule has 2 rings (SSSR count). The summed E-state index contributed by atoms with van der Waals surface area (Å²) in [4.78, 5) is 5.60. The van der Waals surface area contributed by atoms with Gasteiger partial charge in [0.05, 0.1) is 11.2 Å². The van der Waals surface area contributed by atoms with Crippen LogP contribution in [0.5, 0.6) is 0 Å². The average Bonchev–Trinajstić information content (AvgIpc) is 2.97. The minimum Gasteiger partial charge on any atom is -0.310 e. The van der Waals surface area contributed by atoms with Crippen molar-refractivity contribution in [3.05, 3.63) is 21.7 Å². The van der Waals surface area contributed by atoms with Crippen molar-refractivity contribution < 1.29 is 0 Å². The Bertz CT molecular complexity index is 375. The molecule has 1 heterocycles. The van der Waals surface area contributed by atoms with Gasteiger partial charge >= 0.3 is 0 Å². The Balaban J connectivity index is 2.04. The number of hydrogen-bond donors (Lipinski definition) is 1. The van der Waals surface area contributed by atoms with Crippen molar-refractivity contribution in [2.75, 3.05) is 6.54 Å². The molecule has 0 amide bonds. The Morgan fingerprint density at radius 3 is 2.88 bits per heavy atom. The highest BCUT2D eigenvalue weighted by Crippen LogP contribution is 2.22. The summed E-state index contributed by atoms with van der Waals surface area (Å²) in [6, 6.07) is 0.782. The van der Waals surface area contributed by atoms with Crippen molar-refractivity contribution in [1.82, 2.24) is 10.3 Å². The van der Waals surface area contributed by atoms with E-state index in [1.807, 2.05) is 5.51 Å². The normalized spacial score (nSPS) is 17.1. The van der Waals surface area contributed by atoms with Gasteiger partial charge in [-0.25, -0.2) is 4.98 Å². The maximum Gasteiger partial charge on any atom is 0.0801 e. The third-order valence-corrected chi connectivity index (χ3v) is 3.89. The quantitative estimate of drug-likeness (QED) is 0.849. The zero-order chi connectivity index (χ0) is 11.5. The lowest BCUT2D eigenvalue weighted by Gasteiger charge is -2.12. The van der Waals surface area contributed by atoms with Gasteiger partial charge in [-0.3, -0.25) is 0 Å². The second-order valence-corrected chi connectivity index (χ2v) is 5.72. The van der Waals surface area contributed by atoms with E-state index in [-0.39, 0.29) is 0 Å². The number of aromatic nitrogens is 1. The van der Waals surface area contributed by atoms with Crippen LogP contribution in [-0.2, 0) is 0 Å². The molecule has 1 aromatic rings. The molecule has 0 bridgehead atoms. The molecule has 0 aliphatic heterocycles. The first-order valence-electron chi connectivity index (χ1n) is 6.00. The fraction of sp³-hybridized carbons (Fsp3) is 0.615. The van der Waals surface area contributed by atoms with Crippen molar-refractivity contribution >= 4 is 17.4 Å². The van der Waals surface area contributed by atoms with Gasteiger partial charge in [0.25, 0.3) is 0 Å². The van der Waals surface area contributed by atoms with Crippen LogP contribution in [0.1, 0.15) is 37.3 Å². The lowest BCUT2D eigenvalue weighted by atomic mass is 10.0. The molecule has 2 nitrogen and oxygen atoms in total. The van der Waals surface area contributed by atoms with Gasteiger partial charge in [0, 0.05) is 17.5 Å². The van der Waals surface area contributed by atoms with Crippen LogP contribution in [0.3, 0.4) is 0 Å². The van der Waals surface area contributed by atoms with Gasteiger partial charge in [0.1, 0.15) is 0 Å². The lowest BCUT2D eigenvalue weighted by Crippen LogP contribution is -2.21. The van der Waals surface area contributed by atoms with E-state index >= 15 is 0 Å². The topological polar surface area (TPSA) is 24.9 Å². The number of rotatable bonds is 5. The zero-order valence-corrected chi connectivity index (χ0v) is 11.1. The minimum atomic E-state index is 0.604. The van der Waals surface area contributed by atoms with E-state index in [9.17, 15) is 0 Å². The van der Waals surface area contributed by atoms with Gasteiger partial charge in [-0.2, -0.15) is 0 Å². The molecule has 3 heteroatoms. The molecule has 0 aromatic carbocycles. The Hall–Kier alpha value is -0.670. The maximum atomic E-state index is 4.29. The molecular weight excluding hydrogens is 216 g/mol. The first kappa shape index (κ1) is 11.8. The molecule has 1 aromatic heterocycles. The molecule has 0 atom stereocenters. The van der Waals surface area contributed by atoms with E-state index in [0.717, 1.165) is 18.3 Å². The summed E-state index contributed by atoms with van der Waals surface area (Å²) in [7, 11) is 0. The van der Waals surface area contributed by atoms with Crippen molar-refractivity contribution in [3.8, 4) is 0 Å². The molecule has 0 radical (unpaired) electrons. The van der Waals surface area contributed by atoms with Crippen LogP contribution in [0.15, 0.2) is 11.1 Å². The molecule has 16 heavy (non-hydrogen) atoms. The Morgan fingerprint density at radius 1 is 1.62 bits per heavy atom. The number of nitrogens with zero attached hydrogens (tertiary/aromatic N) is 1. The van der Waals surface area contributed by atoms with E-state index in [4.69, 9.17) is 0 Å². The van der Waals surface area contributed by atoms with E-state index < -0.39 is 0 Å². The second kappa shape index (κ2) is 5.11. The van der Waals surface area contributed by atoms with Gasteiger partial charge in [0.2, 0.25) is 0 Å². The summed E-state index contributed by atoms with van der Waals surface area (Å²) < 4.78 is 0. The first-order valence-corrected chi connectivity index (χ1v) is 6.88. The van der Waals surface area contributed by atoms with Crippen LogP contribution < -0.4 is 5.32 Å². The van der Waals surface area contributed by atoms with Crippen molar-refractivity contribution in [3.63, 3.8) is 0 Å². The molecule has 1 aliphatic carbocycles. The summed E-state index contributed by atoms with van der Waals surface area (Å²) in [6.07, 6.45) is 5.02. The summed E-state index contributed by atoms with van der Waals surface area (Å²) in [5, 5.41) is 3.59. The minimum absolute atomic E-state index is 0.604. The van der Waals surface area contributed by atoms with Gasteiger partial charge < -0.3 is 5.32 Å². The second-order valence-electron chi connectivity index (χ2n) is 4.83. The first-order chi connectivity index (χ1) is 7.66. The maximum absolute atomic E-state index is 4.29. The van der Waals surface area contributed by atoms with E-state index in [1.165, 1.54) is 23.3 Å².